The van der Waals surface area contributed by atoms with Gasteiger partial charge in [0, 0.05) is 6.04 Å². The van der Waals surface area contributed by atoms with Gasteiger partial charge in [-0.05, 0) is 19.3 Å². The van der Waals surface area contributed by atoms with E-state index in [1.54, 1.807) is 0 Å². The third-order valence-corrected chi connectivity index (χ3v) is 2.75. The van der Waals surface area contributed by atoms with Crippen molar-refractivity contribution in [1.29, 1.82) is 0 Å². The minimum Gasteiger partial charge on any atom is -0.481 e. The maximum absolute atomic E-state index is 11.5. The third-order valence-electron chi connectivity index (χ3n) is 2.75. The number of carbonyl (C=O) groups excluding carboxylic acids is 1. The van der Waals surface area contributed by atoms with Crippen molar-refractivity contribution in [1.82, 2.24) is 20.5 Å². The van der Waals surface area contributed by atoms with Crippen LogP contribution < -0.4 is 5.32 Å². The minimum absolute atomic E-state index is 0.0845. The Morgan fingerprint density at radius 3 is 2.88 bits per heavy atom. The molecule has 1 amide bonds. The van der Waals surface area contributed by atoms with Crippen molar-refractivity contribution in [2.24, 2.45) is 5.92 Å². The molecule has 0 aromatic carbocycles. The summed E-state index contributed by atoms with van der Waals surface area (Å²) in [5.74, 6) is -1.33. The van der Waals surface area contributed by atoms with E-state index in [0.717, 1.165) is 0 Å². The molecule has 2 rings (SSSR count). The van der Waals surface area contributed by atoms with Crippen LogP contribution in [0, 0.1) is 5.92 Å². The maximum Gasteiger partial charge on any atom is 0.306 e. The zero-order valence-electron chi connectivity index (χ0n) is 8.51. The van der Waals surface area contributed by atoms with Gasteiger partial charge in [0.15, 0.2) is 0 Å². The van der Waals surface area contributed by atoms with Crippen LogP contribution in [-0.4, -0.2) is 38.2 Å². The molecule has 0 spiro atoms. The predicted molar refractivity (Wildman–Crippen MR) is 52.6 cm³/mol. The number of carboxylic acids is 1. The van der Waals surface area contributed by atoms with Crippen molar-refractivity contribution in [2.75, 3.05) is 0 Å². The molecule has 0 radical (unpaired) electrons. The summed E-state index contributed by atoms with van der Waals surface area (Å²) in [7, 11) is 0. The second kappa shape index (κ2) is 4.30. The van der Waals surface area contributed by atoms with Gasteiger partial charge in [-0.25, -0.2) is 4.98 Å². The molecule has 1 aromatic rings. The number of carbonyl (C=O) groups is 2. The van der Waals surface area contributed by atoms with E-state index in [-0.39, 0.29) is 23.7 Å². The maximum atomic E-state index is 11.5. The Kier molecular flexibility index (Phi) is 2.84. The van der Waals surface area contributed by atoms with Gasteiger partial charge >= 0.3 is 5.97 Å². The molecular weight excluding hydrogens is 212 g/mol. The molecule has 7 heteroatoms. The van der Waals surface area contributed by atoms with Crippen LogP contribution in [0.25, 0.3) is 0 Å². The van der Waals surface area contributed by atoms with Gasteiger partial charge in [0.1, 0.15) is 6.33 Å². The van der Waals surface area contributed by atoms with Crippen molar-refractivity contribution >= 4 is 11.9 Å². The van der Waals surface area contributed by atoms with Crippen molar-refractivity contribution in [3.05, 3.63) is 12.2 Å². The van der Waals surface area contributed by atoms with Crippen LogP contribution in [0.15, 0.2) is 6.33 Å². The van der Waals surface area contributed by atoms with Crippen LogP contribution >= 0.6 is 0 Å². The van der Waals surface area contributed by atoms with E-state index in [9.17, 15) is 9.59 Å². The Balaban J connectivity index is 1.88. The summed E-state index contributed by atoms with van der Waals surface area (Å²) in [5.41, 5.74) is 0. The van der Waals surface area contributed by atoms with E-state index < -0.39 is 5.97 Å². The molecule has 3 N–H and O–H groups in total. The highest BCUT2D eigenvalue weighted by atomic mass is 16.4. The lowest BCUT2D eigenvalue weighted by Gasteiger charge is -2.10. The largest absolute Gasteiger partial charge is 0.481 e. The van der Waals surface area contributed by atoms with E-state index in [1.807, 2.05) is 0 Å². The number of nitrogens with one attached hydrogen (secondary N) is 2. The molecule has 1 aliphatic carbocycles. The number of amides is 1. The molecule has 2 atom stereocenters. The monoisotopic (exact) mass is 224 g/mol. The number of hydrogen-bond donors (Lipinski definition) is 3. The Morgan fingerprint density at radius 1 is 1.50 bits per heavy atom. The first-order valence-electron chi connectivity index (χ1n) is 5.06. The first-order chi connectivity index (χ1) is 7.66. The van der Waals surface area contributed by atoms with E-state index in [1.165, 1.54) is 6.33 Å². The lowest BCUT2D eigenvalue weighted by atomic mass is 10.1. The normalized spacial score (nSPS) is 24.2. The topological polar surface area (TPSA) is 108 Å². The molecule has 7 nitrogen and oxygen atoms in total. The number of aliphatic carboxylic acids is 1. The van der Waals surface area contributed by atoms with Gasteiger partial charge in [-0.1, -0.05) is 0 Å². The van der Waals surface area contributed by atoms with Crippen LogP contribution in [0.2, 0.25) is 0 Å². The van der Waals surface area contributed by atoms with Crippen LogP contribution in [0.1, 0.15) is 29.9 Å². The SMILES string of the molecule is O=C(NC1CCC(C(=O)O)C1)c1ncn[nH]1. The summed E-state index contributed by atoms with van der Waals surface area (Å²) in [4.78, 5) is 26.0. The second-order valence-electron chi connectivity index (χ2n) is 3.85. The Labute approximate surface area is 91.3 Å². The van der Waals surface area contributed by atoms with Gasteiger partial charge < -0.3 is 10.4 Å². The zero-order valence-corrected chi connectivity index (χ0v) is 8.51. The smallest absolute Gasteiger partial charge is 0.306 e. The highest BCUT2D eigenvalue weighted by Crippen LogP contribution is 2.25. The lowest BCUT2D eigenvalue weighted by molar-refractivity contribution is -0.141. The predicted octanol–water partition coefficient (Wildman–Crippen LogP) is -0.212. The van der Waals surface area contributed by atoms with Gasteiger partial charge in [0.05, 0.1) is 5.92 Å². The fourth-order valence-corrected chi connectivity index (χ4v) is 1.91. The summed E-state index contributed by atoms with van der Waals surface area (Å²) >= 11 is 0. The molecule has 16 heavy (non-hydrogen) atoms. The second-order valence-corrected chi connectivity index (χ2v) is 3.85. The van der Waals surface area contributed by atoms with E-state index >= 15 is 0 Å². The molecule has 0 saturated heterocycles. The molecule has 1 heterocycles. The Hall–Kier alpha value is -1.92. The highest BCUT2D eigenvalue weighted by molar-refractivity contribution is 5.90. The quantitative estimate of drug-likeness (QED) is 0.658. The average molecular weight is 224 g/mol. The number of rotatable bonds is 3. The van der Waals surface area contributed by atoms with Crippen LogP contribution in [-0.2, 0) is 4.79 Å². The van der Waals surface area contributed by atoms with Crippen molar-refractivity contribution in [3.8, 4) is 0 Å². The summed E-state index contributed by atoms with van der Waals surface area (Å²) in [6.07, 6.45) is 3.03. The number of H-pyrrole nitrogens is 1. The fraction of sp³-hybridized carbons (Fsp3) is 0.556. The molecule has 1 saturated carbocycles. The van der Waals surface area contributed by atoms with E-state index in [4.69, 9.17) is 5.11 Å². The number of carboxylic acid groups (broad SMARTS) is 1. The Bertz CT molecular complexity index is 389. The first-order valence-corrected chi connectivity index (χ1v) is 5.06. The summed E-state index contributed by atoms with van der Waals surface area (Å²) < 4.78 is 0. The molecular formula is C9H12N4O3. The van der Waals surface area contributed by atoms with E-state index in [2.05, 4.69) is 20.5 Å². The standard InChI is InChI=1S/C9H12N4O3/c14-8(7-10-4-11-13-7)12-6-2-1-5(3-6)9(15)16/h4-6H,1-3H2,(H,12,14)(H,15,16)(H,10,11,13). The minimum atomic E-state index is -0.795. The number of hydrogen-bond acceptors (Lipinski definition) is 4. The van der Waals surface area contributed by atoms with Crippen molar-refractivity contribution in [2.45, 2.75) is 25.3 Å². The third kappa shape index (κ3) is 2.18. The molecule has 86 valence electrons. The van der Waals surface area contributed by atoms with Crippen LogP contribution in [0.4, 0.5) is 0 Å². The van der Waals surface area contributed by atoms with Crippen molar-refractivity contribution < 1.29 is 14.7 Å². The lowest BCUT2D eigenvalue weighted by Crippen LogP contribution is -2.34. The number of aromatic amines is 1. The fourth-order valence-electron chi connectivity index (χ4n) is 1.91. The highest BCUT2D eigenvalue weighted by Gasteiger charge is 2.30. The molecule has 0 aliphatic heterocycles. The average Bonchev–Trinajstić information content (AvgIpc) is 2.87. The molecule has 1 aliphatic rings. The molecule has 1 aromatic heterocycles. The number of nitrogens with zero attached hydrogens (tertiary/aromatic N) is 2. The number of aromatic nitrogens is 3. The van der Waals surface area contributed by atoms with Crippen LogP contribution in [0.5, 0.6) is 0 Å². The Morgan fingerprint density at radius 2 is 2.31 bits per heavy atom. The molecule has 0 bridgehead atoms. The van der Waals surface area contributed by atoms with Gasteiger partial charge in [0.2, 0.25) is 5.82 Å². The summed E-state index contributed by atoms with van der Waals surface area (Å²) in [6, 6.07) is -0.0845. The van der Waals surface area contributed by atoms with E-state index in [0.29, 0.717) is 19.3 Å². The summed E-state index contributed by atoms with van der Waals surface area (Å²) in [5, 5.41) is 17.6. The molecule has 2 unspecified atom stereocenters. The molecule has 1 fully saturated rings. The van der Waals surface area contributed by atoms with Gasteiger partial charge in [-0.3, -0.25) is 14.7 Å². The van der Waals surface area contributed by atoms with Crippen molar-refractivity contribution in [3.63, 3.8) is 0 Å². The zero-order chi connectivity index (χ0) is 11.5. The van der Waals surface area contributed by atoms with Gasteiger partial charge in [-0.2, -0.15) is 5.10 Å². The van der Waals surface area contributed by atoms with Gasteiger partial charge in [-0.15, -0.1) is 0 Å². The first kappa shape index (κ1) is 10.6. The van der Waals surface area contributed by atoms with Gasteiger partial charge in [0.25, 0.3) is 5.91 Å². The van der Waals surface area contributed by atoms with Crippen LogP contribution in [0.3, 0.4) is 0 Å². The summed E-state index contributed by atoms with van der Waals surface area (Å²) in [6.45, 7) is 0.